The molecular formula is C19H13ClF3N7O2S. The number of nitrogen functional groups attached to an aromatic ring is 1. The van der Waals surface area contributed by atoms with Gasteiger partial charge in [0.05, 0.1) is 28.4 Å². The molecule has 0 aliphatic rings. The number of hydrogen-bond acceptors (Lipinski definition) is 8. The lowest BCUT2D eigenvalue weighted by atomic mass is 10.0. The molecule has 1 atom stereocenters. The van der Waals surface area contributed by atoms with Crippen LogP contribution in [0.5, 0.6) is 0 Å². The van der Waals surface area contributed by atoms with Gasteiger partial charge in [-0.2, -0.15) is 13.2 Å². The summed E-state index contributed by atoms with van der Waals surface area (Å²) < 4.78 is 39.0. The Hall–Kier alpha value is -3.63. The largest absolute Gasteiger partial charge is 0.418 e. The molecule has 0 bridgehead atoms. The van der Waals surface area contributed by atoms with Crippen molar-refractivity contribution in [3.05, 3.63) is 62.4 Å². The number of carbonyl (C=O) groups is 2. The van der Waals surface area contributed by atoms with E-state index >= 15 is 0 Å². The predicted octanol–water partition coefficient (Wildman–Crippen LogP) is 4.76. The van der Waals surface area contributed by atoms with Crippen LogP contribution in [-0.4, -0.2) is 31.6 Å². The average molecular weight is 496 g/mol. The number of rotatable bonds is 6. The van der Waals surface area contributed by atoms with Crippen molar-refractivity contribution in [1.82, 2.24) is 19.9 Å². The number of anilines is 2. The first-order chi connectivity index (χ1) is 15.5. The number of Topliss-reactive ketones (excluding diaryl/α,β-unsaturated/α-hetero) is 1. The minimum absolute atomic E-state index is 0.0682. The number of amides is 1. The highest BCUT2D eigenvalue weighted by Gasteiger charge is 2.34. The third-order valence-electron chi connectivity index (χ3n) is 4.29. The first kappa shape index (κ1) is 24.0. The molecule has 9 nitrogen and oxygen atoms in total. The molecule has 1 unspecified atom stereocenters. The van der Waals surface area contributed by atoms with Crippen LogP contribution < -0.4 is 11.1 Å². The molecule has 0 spiro atoms. The van der Waals surface area contributed by atoms with Gasteiger partial charge < -0.3 is 11.1 Å². The van der Waals surface area contributed by atoms with Gasteiger partial charge in [-0.15, -0.1) is 11.3 Å². The smallest absolute Gasteiger partial charge is 0.392 e. The van der Waals surface area contributed by atoms with Gasteiger partial charge in [-0.3, -0.25) is 9.59 Å². The third kappa shape index (κ3) is 5.41. The summed E-state index contributed by atoms with van der Waals surface area (Å²) in [6.07, 6.45) is -1.65. The highest BCUT2D eigenvalue weighted by molar-refractivity contribution is 7.13. The molecule has 0 radical (unpaired) electrons. The van der Waals surface area contributed by atoms with E-state index in [1.807, 2.05) is 0 Å². The number of halogens is 4. The maximum atomic E-state index is 13.0. The van der Waals surface area contributed by atoms with E-state index in [0.29, 0.717) is 11.1 Å². The van der Waals surface area contributed by atoms with E-state index in [1.54, 1.807) is 6.92 Å². The molecule has 170 valence electrons. The fraction of sp³-hybridized carbons (Fsp3) is 0.211. The minimum atomic E-state index is -4.71. The molecular weight excluding hydrogens is 483 g/mol. The number of ketones is 1. The number of nitrogens with zero attached hydrogens (tertiary/aromatic N) is 5. The quantitative estimate of drug-likeness (QED) is 0.372. The molecule has 1 amide bonds. The summed E-state index contributed by atoms with van der Waals surface area (Å²) in [5, 5.41) is 2.11. The lowest BCUT2D eigenvalue weighted by Gasteiger charge is -2.10. The second-order valence-electron chi connectivity index (χ2n) is 6.66. The van der Waals surface area contributed by atoms with Gasteiger partial charge in [-0.05, 0) is 6.07 Å². The van der Waals surface area contributed by atoms with Crippen molar-refractivity contribution in [2.75, 3.05) is 11.1 Å². The van der Waals surface area contributed by atoms with E-state index in [2.05, 4.69) is 30.1 Å². The van der Waals surface area contributed by atoms with Crippen LogP contribution in [-0.2, 0) is 6.18 Å². The summed E-state index contributed by atoms with van der Waals surface area (Å²) in [7, 11) is 0. The van der Waals surface area contributed by atoms with E-state index in [9.17, 15) is 22.8 Å². The molecule has 0 saturated carbocycles. The first-order valence-corrected chi connectivity index (χ1v) is 10.2. The van der Waals surface area contributed by atoms with E-state index in [4.69, 9.17) is 23.9 Å². The van der Waals surface area contributed by atoms with Gasteiger partial charge in [0, 0.05) is 18.5 Å². The number of hydrogen-bond donors (Lipinski definition) is 2. The van der Waals surface area contributed by atoms with Crippen molar-refractivity contribution in [3.8, 4) is 0 Å². The van der Waals surface area contributed by atoms with Crippen LogP contribution in [0.3, 0.4) is 0 Å². The zero-order chi connectivity index (χ0) is 24.3. The molecule has 3 rings (SSSR count). The van der Waals surface area contributed by atoms with Crippen LogP contribution in [0.4, 0.5) is 30.5 Å². The van der Waals surface area contributed by atoms with E-state index in [0.717, 1.165) is 23.9 Å². The zero-order valence-corrected chi connectivity index (χ0v) is 18.2. The summed E-state index contributed by atoms with van der Waals surface area (Å²) in [5.41, 5.74) is 4.24. The van der Waals surface area contributed by atoms with Crippen LogP contribution in [0.2, 0.25) is 5.02 Å². The summed E-state index contributed by atoms with van der Waals surface area (Å²) in [5.74, 6) is -2.05. The molecule has 3 aromatic heterocycles. The first-order valence-electron chi connectivity index (χ1n) is 9.02. The number of thiazole rings is 1. The molecule has 3 aromatic rings. The molecule has 0 aliphatic heterocycles. The average Bonchev–Trinajstić information content (AvgIpc) is 3.24. The second-order valence-corrected chi connectivity index (χ2v) is 8.13. The number of pyridine rings is 1. The SMILES string of the molecule is [C-]#[N+]c1c(N)ncnc1C(=O)CC(C)c1ncc(C(=O)Nc2cc(C(F)(F)F)c(Cl)cn2)s1. The maximum absolute atomic E-state index is 13.0. The number of carbonyl (C=O) groups excluding carboxylic acids is 2. The lowest BCUT2D eigenvalue weighted by Crippen LogP contribution is -2.13. The van der Waals surface area contributed by atoms with Crippen LogP contribution in [0.25, 0.3) is 4.85 Å². The van der Waals surface area contributed by atoms with Gasteiger partial charge in [0.2, 0.25) is 0 Å². The Bertz CT molecular complexity index is 1270. The zero-order valence-electron chi connectivity index (χ0n) is 16.6. The number of alkyl halides is 3. The molecule has 14 heteroatoms. The van der Waals surface area contributed by atoms with Gasteiger partial charge in [-0.1, -0.05) is 18.5 Å². The Labute approximate surface area is 193 Å². The van der Waals surface area contributed by atoms with Crippen LogP contribution in [0.1, 0.15) is 50.0 Å². The van der Waals surface area contributed by atoms with Crippen molar-refractivity contribution in [3.63, 3.8) is 0 Å². The molecule has 33 heavy (non-hydrogen) atoms. The third-order valence-corrected chi connectivity index (χ3v) is 5.82. The molecule has 0 saturated heterocycles. The normalized spacial score (nSPS) is 12.1. The fourth-order valence-corrected chi connectivity index (χ4v) is 3.77. The highest BCUT2D eigenvalue weighted by Crippen LogP contribution is 2.35. The van der Waals surface area contributed by atoms with Gasteiger partial charge in [-0.25, -0.2) is 24.8 Å². The fourth-order valence-electron chi connectivity index (χ4n) is 2.69. The maximum Gasteiger partial charge on any atom is 0.418 e. The molecule has 3 N–H and O–H groups in total. The predicted molar refractivity (Wildman–Crippen MR) is 114 cm³/mol. The van der Waals surface area contributed by atoms with Gasteiger partial charge >= 0.3 is 6.18 Å². The lowest BCUT2D eigenvalue weighted by molar-refractivity contribution is -0.137. The van der Waals surface area contributed by atoms with Crippen LogP contribution in [0, 0.1) is 6.57 Å². The van der Waals surface area contributed by atoms with Gasteiger partial charge in [0.1, 0.15) is 28.5 Å². The van der Waals surface area contributed by atoms with E-state index in [1.165, 1.54) is 6.20 Å². The summed E-state index contributed by atoms with van der Waals surface area (Å²) in [6.45, 7) is 8.84. The second kappa shape index (κ2) is 9.47. The standard InChI is InChI=1S/C19H13ClF3N7O2S/c1-8(3-11(31)14-15(25-2)16(24)29-7-28-14)18-27-6-12(33-18)17(32)30-13-4-9(19(21,22)23)10(20)5-26-13/h4-8H,3H2,1H3,(H2,24,28,29)(H,26,30,32). The summed E-state index contributed by atoms with van der Waals surface area (Å²) in [6, 6.07) is 0.631. The van der Waals surface area contributed by atoms with Crippen LogP contribution >= 0.6 is 22.9 Å². The van der Waals surface area contributed by atoms with Crippen molar-refractivity contribution in [1.29, 1.82) is 0 Å². The van der Waals surface area contributed by atoms with Crippen molar-refractivity contribution in [2.24, 2.45) is 0 Å². The van der Waals surface area contributed by atoms with Crippen molar-refractivity contribution >= 4 is 52.0 Å². The Morgan fingerprint density at radius 2 is 2.00 bits per heavy atom. The van der Waals surface area contributed by atoms with Gasteiger partial charge in [0.15, 0.2) is 5.78 Å². The van der Waals surface area contributed by atoms with Crippen molar-refractivity contribution in [2.45, 2.75) is 25.4 Å². The Morgan fingerprint density at radius 1 is 1.27 bits per heavy atom. The minimum Gasteiger partial charge on any atom is -0.392 e. The van der Waals surface area contributed by atoms with Crippen LogP contribution in [0.15, 0.2) is 24.8 Å². The Kier molecular flexibility index (Phi) is 6.89. The van der Waals surface area contributed by atoms with E-state index < -0.39 is 34.4 Å². The highest BCUT2D eigenvalue weighted by atomic mass is 35.5. The summed E-state index contributed by atoms with van der Waals surface area (Å²) >= 11 is 6.49. The molecule has 3 heterocycles. The topological polar surface area (TPSA) is 128 Å². The van der Waals surface area contributed by atoms with E-state index in [-0.39, 0.29) is 34.3 Å². The number of aromatic nitrogens is 4. The Morgan fingerprint density at radius 3 is 2.67 bits per heavy atom. The Balaban J connectivity index is 1.72. The van der Waals surface area contributed by atoms with Crippen molar-refractivity contribution < 1.29 is 22.8 Å². The summed E-state index contributed by atoms with van der Waals surface area (Å²) in [4.78, 5) is 43.6. The monoisotopic (exact) mass is 495 g/mol. The number of nitrogens with one attached hydrogen (secondary N) is 1. The molecule has 0 fully saturated rings. The molecule has 0 aromatic carbocycles. The van der Waals surface area contributed by atoms with Gasteiger partial charge in [0.25, 0.3) is 11.6 Å². The molecule has 0 aliphatic carbocycles. The number of nitrogens with two attached hydrogens (primary N) is 1.